The van der Waals surface area contributed by atoms with Gasteiger partial charge in [0.1, 0.15) is 6.07 Å². The lowest BCUT2D eigenvalue weighted by molar-refractivity contribution is 1.38. The Morgan fingerprint density at radius 2 is 1.71 bits per heavy atom. The van der Waals surface area contributed by atoms with Crippen molar-refractivity contribution in [2.24, 2.45) is 0 Å². The number of nitrogens with zero attached hydrogens (tertiary/aromatic N) is 1. The zero-order valence-corrected chi connectivity index (χ0v) is 12.4. The predicted molar refractivity (Wildman–Crippen MR) is 79.4 cm³/mol. The van der Waals surface area contributed by atoms with Gasteiger partial charge >= 0.3 is 0 Å². The van der Waals surface area contributed by atoms with Crippen molar-refractivity contribution in [3.63, 3.8) is 0 Å². The van der Waals surface area contributed by atoms with Crippen molar-refractivity contribution < 1.29 is 0 Å². The Hall–Kier alpha value is -0.700. The maximum atomic E-state index is 8.79. The van der Waals surface area contributed by atoms with Crippen LogP contribution in [0.15, 0.2) is 52.3 Å². The molecule has 0 saturated carbocycles. The topological polar surface area (TPSA) is 23.8 Å². The van der Waals surface area contributed by atoms with Gasteiger partial charge in [-0.3, -0.25) is 0 Å². The molecule has 0 bridgehead atoms. The molecular weight excluding hydrogens is 365 g/mol. The van der Waals surface area contributed by atoms with Crippen LogP contribution in [0.3, 0.4) is 0 Å². The predicted octanol–water partition coefficient (Wildman–Crippen LogP) is 4.97. The Labute approximate surface area is 123 Å². The number of nitriles is 1. The molecule has 2 aromatic rings. The lowest BCUT2D eigenvalue weighted by Gasteiger charge is -2.03. The van der Waals surface area contributed by atoms with Gasteiger partial charge in [-0.1, -0.05) is 23.4 Å². The average Bonchev–Trinajstić information content (AvgIpc) is 2.32. The molecule has 84 valence electrons. The Bertz CT molecular complexity index is 575. The minimum absolute atomic E-state index is 0.503. The van der Waals surface area contributed by atoms with E-state index in [9.17, 15) is 0 Å². The first-order valence-corrected chi connectivity index (χ1v) is 7.09. The zero-order chi connectivity index (χ0) is 12.3. The van der Waals surface area contributed by atoms with Crippen LogP contribution in [-0.2, 0) is 0 Å². The van der Waals surface area contributed by atoms with Gasteiger partial charge < -0.3 is 0 Å². The molecule has 2 rings (SSSR count). The monoisotopic (exact) mass is 371 g/mol. The lowest BCUT2D eigenvalue weighted by atomic mass is 10.2. The summed E-state index contributed by atoms with van der Waals surface area (Å²) in [4.78, 5) is 2.20. The fourth-order valence-corrected chi connectivity index (χ4v) is 2.79. The fraction of sp³-hybridized carbons (Fsp3) is 0. The van der Waals surface area contributed by atoms with Gasteiger partial charge in [-0.15, -0.1) is 0 Å². The maximum Gasteiger partial charge on any atom is 0.101 e. The molecule has 0 unspecified atom stereocenters. The minimum Gasteiger partial charge on any atom is -0.192 e. The summed E-state index contributed by atoms with van der Waals surface area (Å²) in [5.41, 5.74) is 0.513. The molecular formula is C13H7ClINS. The van der Waals surface area contributed by atoms with E-state index < -0.39 is 0 Å². The van der Waals surface area contributed by atoms with Crippen LogP contribution in [-0.4, -0.2) is 0 Å². The molecule has 17 heavy (non-hydrogen) atoms. The second-order valence-corrected chi connectivity index (χ2v) is 6.11. The van der Waals surface area contributed by atoms with Gasteiger partial charge in [-0.05, 0) is 65.1 Å². The summed E-state index contributed by atoms with van der Waals surface area (Å²) in [5.74, 6) is 0. The van der Waals surface area contributed by atoms with Gasteiger partial charge in [0.05, 0.1) is 10.6 Å². The van der Waals surface area contributed by atoms with Crippen molar-refractivity contribution in [1.29, 1.82) is 5.26 Å². The van der Waals surface area contributed by atoms with E-state index in [1.54, 1.807) is 17.8 Å². The summed E-state index contributed by atoms with van der Waals surface area (Å²) >= 11 is 9.89. The van der Waals surface area contributed by atoms with E-state index in [0.29, 0.717) is 10.6 Å². The van der Waals surface area contributed by atoms with Crippen molar-refractivity contribution in [3.8, 4) is 6.07 Å². The molecule has 0 radical (unpaired) electrons. The largest absolute Gasteiger partial charge is 0.192 e. The van der Waals surface area contributed by atoms with Crippen LogP contribution in [0.2, 0.25) is 5.02 Å². The van der Waals surface area contributed by atoms with Crippen LogP contribution in [0.25, 0.3) is 0 Å². The quantitative estimate of drug-likeness (QED) is 0.696. The van der Waals surface area contributed by atoms with Gasteiger partial charge in [0.15, 0.2) is 0 Å². The van der Waals surface area contributed by atoms with Gasteiger partial charge in [-0.25, -0.2) is 0 Å². The second-order valence-electron chi connectivity index (χ2n) is 3.31. The molecule has 0 aliphatic heterocycles. The Morgan fingerprint density at radius 1 is 1.06 bits per heavy atom. The Kier molecular flexibility index (Phi) is 4.32. The van der Waals surface area contributed by atoms with Crippen LogP contribution < -0.4 is 0 Å². The van der Waals surface area contributed by atoms with Crippen LogP contribution in [0.5, 0.6) is 0 Å². The molecule has 0 spiro atoms. The van der Waals surface area contributed by atoms with E-state index in [1.165, 1.54) is 3.57 Å². The lowest BCUT2D eigenvalue weighted by Crippen LogP contribution is -1.79. The second kappa shape index (κ2) is 5.76. The first-order valence-electron chi connectivity index (χ1n) is 4.82. The van der Waals surface area contributed by atoms with Gasteiger partial charge in [0.25, 0.3) is 0 Å². The molecule has 0 fully saturated rings. The van der Waals surface area contributed by atoms with Crippen LogP contribution >= 0.6 is 46.0 Å². The number of rotatable bonds is 2. The zero-order valence-electron chi connectivity index (χ0n) is 8.65. The van der Waals surface area contributed by atoms with Gasteiger partial charge in [0.2, 0.25) is 0 Å². The maximum absolute atomic E-state index is 8.79. The first kappa shape index (κ1) is 12.7. The summed E-state index contributed by atoms with van der Waals surface area (Å²) in [6.07, 6.45) is 0. The molecule has 0 aliphatic carbocycles. The standard InChI is InChI=1S/C13H7ClINS/c14-13-7-12(4-1-9(13)8-16)17-11-5-2-10(15)3-6-11/h1-7H. The van der Waals surface area contributed by atoms with E-state index in [4.69, 9.17) is 16.9 Å². The molecule has 1 nitrogen and oxygen atoms in total. The van der Waals surface area contributed by atoms with Gasteiger partial charge in [-0.2, -0.15) is 5.26 Å². The molecule has 0 saturated heterocycles. The van der Waals surface area contributed by atoms with E-state index in [2.05, 4.69) is 52.9 Å². The summed E-state index contributed by atoms with van der Waals surface area (Å²) < 4.78 is 1.21. The van der Waals surface area contributed by atoms with Crippen molar-refractivity contribution in [1.82, 2.24) is 0 Å². The number of hydrogen-bond donors (Lipinski definition) is 0. The highest BCUT2D eigenvalue weighted by Gasteiger charge is 2.02. The molecule has 0 N–H and O–H groups in total. The molecule has 0 heterocycles. The first-order chi connectivity index (χ1) is 8.19. The van der Waals surface area contributed by atoms with Crippen LogP contribution in [0.4, 0.5) is 0 Å². The molecule has 4 heteroatoms. The Balaban J connectivity index is 2.22. The average molecular weight is 372 g/mol. The van der Waals surface area contributed by atoms with Crippen molar-refractivity contribution in [2.75, 3.05) is 0 Å². The summed E-state index contributed by atoms with van der Waals surface area (Å²) in [5, 5.41) is 9.29. The summed E-state index contributed by atoms with van der Waals surface area (Å²) in [6, 6.07) is 15.8. The third-order valence-corrected chi connectivity index (χ3v) is 4.14. The van der Waals surface area contributed by atoms with E-state index in [1.807, 2.05) is 12.1 Å². The molecule has 0 atom stereocenters. The third-order valence-electron chi connectivity index (χ3n) is 2.11. The minimum atomic E-state index is 0.503. The highest BCUT2D eigenvalue weighted by atomic mass is 127. The smallest absolute Gasteiger partial charge is 0.101 e. The highest BCUT2D eigenvalue weighted by Crippen LogP contribution is 2.30. The van der Waals surface area contributed by atoms with Crippen LogP contribution in [0.1, 0.15) is 5.56 Å². The van der Waals surface area contributed by atoms with Gasteiger partial charge in [0, 0.05) is 13.4 Å². The van der Waals surface area contributed by atoms with Crippen LogP contribution in [0, 0.1) is 14.9 Å². The number of halogens is 2. The molecule has 0 aliphatic rings. The summed E-state index contributed by atoms with van der Waals surface area (Å²) in [6.45, 7) is 0. The SMILES string of the molecule is N#Cc1ccc(Sc2ccc(I)cc2)cc1Cl. The van der Waals surface area contributed by atoms with E-state index in [0.717, 1.165) is 9.79 Å². The van der Waals surface area contributed by atoms with E-state index in [-0.39, 0.29) is 0 Å². The van der Waals surface area contributed by atoms with E-state index >= 15 is 0 Å². The fourth-order valence-electron chi connectivity index (χ4n) is 1.29. The third kappa shape index (κ3) is 3.38. The molecule has 0 aromatic heterocycles. The molecule has 0 amide bonds. The normalized spacial score (nSPS) is 9.94. The summed E-state index contributed by atoms with van der Waals surface area (Å²) in [7, 11) is 0. The van der Waals surface area contributed by atoms with Crippen molar-refractivity contribution in [3.05, 3.63) is 56.6 Å². The Morgan fingerprint density at radius 3 is 2.29 bits per heavy atom. The highest BCUT2D eigenvalue weighted by molar-refractivity contribution is 14.1. The number of benzene rings is 2. The van der Waals surface area contributed by atoms with Crippen molar-refractivity contribution >= 4 is 46.0 Å². The number of hydrogen-bond acceptors (Lipinski definition) is 2. The van der Waals surface area contributed by atoms with Crippen molar-refractivity contribution in [2.45, 2.75) is 9.79 Å². The molecule has 2 aromatic carbocycles.